The summed E-state index contributed by atoms with van der Waals surface area (Å²) in [5.41, 5.74) is 2.55. The molecule has 0 unspecified atom stereocenters. The van der Waals surface area contributed by atoms with Gasteiger partial charge < -0.3 is 9.47 Å². The SMILES string of the molecule is COc1cc2sc3c(c2cc1OC)CCN=C3C. The van der Waals surface area contributed by atoms with Crippen LogP contribution in [0.25, 0.3) is 10.1 Å². The summed E-state index contributed by atoms with van der Waals surface area (Å²) in [4.78, 5) is 5.83. The molecular formula is C14H15NO2S. The number of benzene rings is 1. The van der Waals surface area contributed by atoms with Crippen molar-refractivity contribution in [2.45, 2.75) is 13.3 Å². The zero-order valence-corrected chi connectivity index (χ0v) is 11.6. The van der Waals surface area contributed by atoms with Crippen molar-refractivity contribution in [3.05, 3.63) is 22.6 Å². The Kier molecular flexibility index (Phi) is 2.74. The molecule has 18 heavy (non-hydrogen) atoms. The smallest absolute Gasteiger partial charge is 0.162 e. The summed E-state index contributed by atoms with van der Waals surface area (Å²) in [6, 6.07) is 4.15. The third kappa shape index (κ3) is 1.60. The third-order valence-electron chi connectivity index (χ3n) is 3.34. The summed E-state index contributed by atoms with van der Waals surface area (Å²) in [6.45, 7) is 2.97. The Labute approximate surface area is 110 Å². The Hall–Kier alpha value is -1.55. The van der Waals surface area contributed by atoms with E-state index in [1.807, 2.05) is 0 Å². The van der Waals surface area contributed by atoms with Crippen molar-refractivity contribution in [3.8, 4) is 11.5 Å². The fourth-order valence-electron chi connectivity index (χ4n) is 2.42. The zero-order valence-electron chi connectivity index (χ0n) is 10.7. The van der Waals surface area contributed by atoms with Crippen molar-refractivity contribution in [1.82, 2.24) is 0 Å². The molecule has 1 aliphatic heterocycles. The number of rotatable bonds is 2. The van der Waals surface area contributed by atoms with Gasteiger partial charge in [0.05, 0.1) is 19.1 Å². The highest BCUT2D eigenvalue weighted by atomic mass is 32.1. The molecule has 0 bridgehead atoms. The van der Waals surface area contributed by atoms with Gasteiger partial charge in [-0.05, 0) is 25.0 Å². The number of methoxy groups -OCH3 is 2. The first-order valence-corrected chi connectivity index (χ1v) is 6.75. The maximum Gasteiger partial charge on any atom is 0.162 e. The van der Waals surface area contributed by atoms with Crippen molar-refractivity contribution in [2.75, 3.05) is 20.8 Å². The van der Waals surface area contributed by atoms with E-state index in [1.165, 1.54) is 20.5 Å². The van der Waals surface area contributed by atoms with Crippen LogP contribution >= 0.6 is 11.3 Å². The van der Waals surface area contributed by atoms with Crippen molar-refractivity contribution < 1.29 is 9.47 Å². The number of hydrogen-bond donors (Lipinski definition) is 0. The van der Waals surface area contributed by atoms with Crippen LogP contribution in [0.4, 0.5) is 0 Å². The Bertz CT molecular complexity index is 643. The predicted molar refractivity (Wildman–Crippen MR) is 75.7 cm³/mol. The van der Waals surface area contributed by atoms with Gasteiger partial charge in [-0.2, -0.15) is 0 Å². The minimum absolute atomic E-state index is 0.790. The van der Waals surface area contributed by atoms with Crippen molar-refractivity contribution in [3.63, 3.8) is 0 Å². The van der Waals surface area contributed by atoms with Crippen LogP contribution in [0.3, 0.4) is 0 Å². The van der Waals surface area contributed by atoms with Gasteiger partial charge in [-0.25, -0.2) is 0 Å². The van der Waals surface area contributed by atoms with Crippen LogP contribution in [0.1, 0.15) is 17.4 Å². The lowest BCUT2D eigenvalue weighted by molar-refractivity contribution is 0.356. The van der Waals surface area contributed by atoms with Crippen molar-refractivity contribution >= 4 is 27.1 Å². The van der Waals surface area contributed by atoms with Gasteiger partial charge in [0.25, 0.3) is 0 Å². The number of hydrogen-bond acceptors (Lipinski definition) is 4. The predicted octanol–water partition coefficient (Wildman–Crippen LogP) is 3.28. The summed E-state index contributed by atoms with van der Waals surface area (Å²) in [5.74, 6) is 1.59. The molecule has 1 aliphatic rings. The molecule has 0 fully saturated rings. The van der Waals surface area contributed by atoms with Crippen LogP contribution in [0.5, 0.6) is 11.5 Å². The third-order valence-corrected chi connectivity index (χ3v) is 4.64. The molecule has 94 valence electrons. The van der Waals surface area contributed by atoms with E-state index in [2.05, 4.69) is 24.0 Å². The molecule has 0 atom stereocenters. The summed E-state index contributed by atoms with van der Waals surface area (Å²) in [7, 11) is 3.35. The molecule has 2 aromatic rings. The second-order valence-corrected chi connectivity index (χ2v) is 5.38. The maximum absolute atomic E-state index is 5.38. The Morgan fingerprint density at radius 3 is 2.61 bits per heavy atom. The highest BCUT2D eigenvalue weighted by molar-refractivity contribution is 7.21. The second-order valence-electron chi connectivity index (χ2n) is 4.33. The summed E-state index contributed by atoms with van der Waals surface area (Å²) < 4.78 is 12.0. The monoisotopic (exact) mass is 261 g/mol. The summed E-state index contributed by atoms with van der Waals surface area (Å²) >= 11 is 1.79. The maximum atomic E-state index is 5.38. The van der Waals surface area contributed by atoms with E-state index in [-0.39, 0.29) is 0 Å². The molecule has 3 nitrogen and oxygen atoms in total. The van der Waals surface area contributed by atoms with Gasteiger partial charge in [0.1, 0.15) is 0 Å². The average Bonchev–Trinajstić information content (AvgIpc) is 2.76. The quantitative estimate of drug-likeness (QED) is 0.830. The first-order chi connectivity index (χ1) is 8.74. The molecular weight excluding hydrogens is 246 g/mol. The Morgan fingerprint density at radius 2 is 1.89 bits per heavy atom. The molecule has 1 aromatic carbocycles. The second kappa shape index (κ2) is 4.28. The van der Waals surface area contributed by atoms with Gasteiger partial charge in [-0.3, -0.25) is 4.99 Å². The van der Waals surface area contributed by atoms with E-state index in [1.54, 1.807) is 25.6 Å². The van der Waals surface area contributed by atoms with Gasteiger partial charge >= 0.3 is 0 Å². The molecule has 0 spiro atoms. The molecule has 3 rings (SSSR count). The highest BCUT2D eigenvalue weighted by Crippen LogP contribution is 2.40. The van der Waals surface area contributed by atoms with Crippen LogP contribution in [0.2, 0.25) is 0 Å². The molecule has 0 N–H and O–H groups in total. The van der Waals surface area contributed by atoms with Gasteiger partial charge in [0, 0.05) is 28.4 Å². The van der Waals surface area contributed by atoms with Gasteiger partial charge in [0.15, 0.2) is 11.5 Å². The molecule has 0 amide bonds. The molecule has 4 heteroatoms. The average molecular weight is 261 g/mol. The lowest BCUT2D eigenvalue weighted by Crippen LogP contribution is -2.06. The largest absolute Gasteiger partial charge is 0.493 e. The van der Waals surface area contributed by atoms with E-state index in [4.69, 9.17) is 9.47 Å². The van der Waals surface area contributed by atoms with Crippen LogP contribution < -0.4 is 9.47 Å². The van der Waals surface area contributed by atoms with E-state index in [9.17, 15) is 0 Å². The standard InChI is InChI=1S/C14H15NO2S/c1-8-14-9(4-5-15-8)10-6-11(16-2)12(17-3)7-13(10)18-14/h6-7H,4-5H2,1-3H3. The number of ether oxygens (including phenoxy) is 2. The van der Waals surface area contributed by atoms with Crippen LogP contribution in [-0.4, -0.2) is 26.5 Å². The first kappa shape index (κ1) is 11.5. The van der Waals surface area contributed by atoms with Crippen LogP contribution in [0, 0.1) is 0 Å². The normalized spacial score (nSPS) is 14.3. The minimum atomic E-state index is 0.790. The number of fused-ring (bicyclic) bond motifs is 3. The van der Waals surface area contributed by atoms with Gasteiger partial charge in [-0.1, -0.05) is 0 Å². The lowest BCUT2D eigenvalue weighted by atomic mass is 10.0. The first-order valence-electron chi connectivity index (χ1n) is 5.93. The minimum Gasteiger partial charge on any atom is -0.493 e. The summed E-state index contributed by atoms with van der Waals surface area (Å²) in [5, 5.41) is 1.28. The number of thiophene rings is 1. The van der Waals surface area contributed by atoms with Gasteiger partial charge in [-0.15, -0.1) is 11.3 Å². The zero-order chi connectivity index (χ0) is 12.7. The molecule has 2 heterocycles. The molecule has 0 saturated heterocycles. The van der Waals surface area contributed by atoms with E-state index < -0.39 is 0 Å². The lowest BCUT2D eigenvalue weighted by Gasteiger charge is -2.10. The Balaban J connectivity index is 2.29. The van der Waals surface area contributed by atoms with E-state index in [0.29, 0.717) is 0 Å². The summed E-state index contributed by atoms with van der Waals surface area (Å²) in [6.07, 6.45) is 1.02. The van der Waals surface area contributed by atoms with E-state index in [0.717, 1.165) is 30.2 Å². The molecule has 0 aliphatic carbocycles. The highest BCUT2D eigenvalue weighted by Gasteiger charge is 2.19. The molecule has 0 saturated carbocycles. The van der Waals surface area contributed by atoms with Gasteiger partial charge in [0.2, 0.25) is 0 Å². The topological polar surface area (TPSA) is 30.8 Å². The molecule has 1 aromatic heterocycles. The number of nitrogens with zero attached hydrogens (tertiary/aromatic N) is 1. The van der Waals surface area contributed by atoms with Crippen molar-refractivity contribution in [2.24, 2.45) is 4.99 Å². The van der Waals surface area contributed by atoms with Crippen LogP contribution in [-0.2, 0) is 6.42 Å². The fourth-order valence-corrected chi connectivity index (χ4v) is 3.65. The number of aliphatic imine (C=N–C) groups is 1. The van der Waals surface area contributed by atoms with E-state index >= 15 is 0 Å². The van der Waals surface area contributed by atoms with Crippen molar-refractivity contribution in [1.29, 1.82) is 0 Å². The fraction of sp³-hybridized carbons (Fsp3) is 0.357. The molecule has 0 radical (unpaired) electrons. The Morgan fingerprint density at radius 1 is 1.17 bits per heavy atom. The van der Waals surface area contributed by atoms with Crippen LogP contribution in [0.15, 0.2) is 17.1 Å².